The number of sulfonamides is 1. The van der Waals surface area contributed by atoms with Crippen LogP contribution in [0.3, 0.4) is 0 Å². The summed E-state index contributed by atoms with van der Waals surface area (Å²) in [4.78, 5) is 12.8. The summed E-state index contributed by atoms with van der Waals surface area (Å²) in [5.74, 6) is -0.404. The molecule has 0 saturated heterocycles. The van der Waals surface area contributed by atoms with Gasteiger partial charge in [0.05, 0.1) is 0 Å². The normalized spacial score (nSPS) is 11.7. The maximum atomic E-state index is 11.5. The molecule has 0 unspecified atom stereocenters. The molecule has 0 aliphatic rings. The predicted molar refractivity (Wildman–Crippen MR) is 71.0 cm³/mol. The van der Waals surface area contributed by atoms with Crippen LogP contribution in [-0.4, -0.2) is 14.3 Å². The number of hydrogen-bond donors (Lipinski definition) is 2. The SMILES string of the molecule is CCC(=O)NNS(=O)(=O)/C=C/c1ccc(Cl)cc1. The number of rotatable bonds is 5. The summed E-state index contributed by atoms with van der Waals surface area (Å²) in [6, 6.07) is 6.66. The molecule has 7 heteroatoms. The van der Waals surface area contributed by atoms with Crippen LogP contribution in [-0.2, 0) is 14.8 Å². The standard InChI is InChI=1S/C11H13ClN2O3S/c1-2-11(15)13-14-18(16,17)8-7-9-3-5-10(12)6-4-9/h3-8,14H,2H2,1H3,(H,13,15)/b8-7+. The summed E-state index contributed by atoms with van der Waals surface area (Å²) in [5, 5.41) is 1.54. The van der Waals surface area contributed by atoms with E-state index in [2.05, 4.69) is 5.43 Å². The van der Waals surface area contributed by atoms with E-state index in [0.29, 0.717) is 10.6 Å². The number of amides is 1. The Labute approximate surface area is 111 Å². The van der Waals surface area contributed by atoms with Crippen LogP contribution >= 0.6 is 11.6 Å². The number of carbonyl (C=O) groups is 1. The quantitative estimate of drug-likeness (QED) is 0.809. The highest BCUT2D eigenvalue weighted by molar-refractivity contribution is 7.92. The van der Waals surface area contributed by atoms with Gasteiger partial charge in [-0.2, -0.15) is 0 Å². The van der Waals surface area contributed by atoms with E-state index in [1.807, 2.05) is 4.83 Å². The van der Waals surface area contributed by atoms with Gasteiger partial charge in [-0.3, -0.25) is 10.2 Å². The smallest absolute Gasteiger partial charge is 0.250 e. The number of carbonyl (C=O) groups excluding carboxylic acids is 1. The maximum absolute atomic E-state index is 11.5. The molecule has 98 valence electrons. The van der Waals surface area contributed by atoms with Gasteiger partial charge >= 0.3 is 0 Å². The molecule has 0 aliphatic carbocycles. The van der Waals surface area contributed by atoms with E-state index in [1.165, 1.54) is 6.08 Å². The van der Waals surface area contributed by atoms with Gasteiger partial charge in [0.1, 0.15) is 0 Å². The number of nitrogens with one attached hydrogen (secondary N) is 2. The molecule has 1 aromatic carbocycles. The first-order valence-electron chi connectivity index (χ1n) is 5.17. The summed E-state index contributed by atoms with van der Waals surface area (Å²) in [7, 11) is -3.69. The fourth-order valence-corrected chi connectivity index (χ4v) is 1.78. The van der Waals surface area contributed by atoms with E-state index in [-0.39, 0.29) is 6.42 Å². The minimum atomic E-state index is -3.69. The maximum Gasteiger partial charge on any atom is 0.250 e. The number of hydrazine groups is 1. The lowest BCUT2D eigenvalue weighted by Crippen LogP contribution is -2.40. The largest absolute Gasteiger partial charge is 0.278 e. The first-order valence-corrected chi connectivity index (χ1v) is 7.09. The Hall–Kier alpha value is -1.37. The second-order valence-corrected chi connectivity index (χ2v) is 5.41. The summed E-state index contributed by atoms with van der Waals surface area (Å²) in [6.07, 6.45) is 1.60. The Bertz CT molecular complexity index is 538. The van der Waals surface area contributed by atoms with Crippen molar-refractivity contribution in [1.82, 2.24) is 10.3 Å². The fourth-order valence-electron chi connectivity index (χ4n) is 0.992. The number of halogens is 1. The molecule has 1 amide bonds. The third kappa shape index (κ3) is 5.31. The number of benzene rings is 1. The van der Waals surface area contributed by atoms with Gasteiger partial charge in [0, 0.05) is 16.9 Å². The molecule has 0 bridgehead atoms. The van der Waals surface area contributed by atoms with E-state index in [1.54, 1.807) is 31.2 Å². The lowest BCUT2D eigenvalue weighted by molar-refractivity contribution is -0.121. The van der Waals surface area contributed by atoms with Gasteiger partial charge < -0.3 is 0 Å². The van der Waals surface area contributed by atoms with E-state index in [9.17, 15) is 13.2 Å². The van der Waals surface area contributed by atoms with E-state index in [4.69, 9.17) is 11.6 Å². The summed E-state index contributed by atoms with van der Waals surface area (Å²) < 4.78 is 22.9. The molecule has 0 aliphatic heterocycles. The zero-order chi connectivity index (χ0) is 13.6. The van der Waals surface area contributed by atoms with Gasteiger partial charge in [-0.15, -0.1) is 4.83 Å². The van der Waals surface area contributed by atoms with Crippen molar-refractivity contribution in [3.63, 3.8) is 0 Å². The highest BCUT2D eigenvalue weighted by Gasteiger charge is 2.05. The van der Waals surface area contributed by atoms with Crippen LogP contribution in [0.1, 0.15) is 18.9 Å². The lowest BCUT2D eigenvalue weighted by atomic mass is 10.2. The molecule has 0 fully saturated rings. The summed E-state index contributed by atoms with van der Waals surface area (Å²) >= 11 is 5.70. The second-order valence-electron chi connectivity index (χ2n) is 3.40. The van der Waals surface area contributed by atoms with Crippen molar-refractivity contribution in [3.05, 3.63) is 40.3 Å². The van der Waals surface area contributed by atoms with Gasteiger partial charge in [0.15, 0.2) is 0 Å². The molecule has 0 radical (unpaired) electrons. The van der Waals surface area contributed by atoms with Crippen LogP contribution in [0.4, 0.5) is 0 Å². The molecule has 5 nitrogen and oxygen atoms in total. The molecule has 18 heavy (non-hydrogen) atoms. The molecule has 0 atom stereocenters. The van der Waals surface area contributed by atoms with Gasteiger partial charge in [-0.05, 0) is 23.8 Å². The van der Waals surface area contributed by atoms with Crippen LogP contribution in [0.15, 0.2) is 29.7 Å². The molecule has 0 aromatic heterocycles. The van der Waals surface area contributed by atoms with Crippen molar-refractivity contribution in [2.45, 2.75) is 13.3 Å². The van der Waals surface area contributed by atoms with Gasteiger partial charge in [-0.1, -0.05) is 30.7 Å². The predicted octanol–water partition coefficient (Wildman–Crippen LogP) is 1.67. The van der Waals surface area contributed by atoms with Crippen molar-refractivity contribution in [2.24, 2.45) is 0 Å². The van der Waals surface area contributed by atoms with E-state index in [0.717, 1.165) is 5.41 Å². The lowest BCUT2D eigenvalue weighted by Gasteiger charge is -2.03. The highest BCUT2D eigenvalue weighted by atomic mass is 35.5. The summed E-state index contributed by atoms with van der Waals surface area (Å²) in [5.41, 5.74) is 2.76. The number of hydrogen-bond acceptors (Lipinski definition) is 3. The van der Waals surface area contributed by atoms with Crippen LogP contribution in [0.25, 0.3) is 6.08 Å². The van der Waals surface area contributed by atoms with Gasteiger partial charge in [0.2, 0.25) is 5.91 Å². The topological polar surface area (TPSA) is 75.3 Å². The monoisotopic (exact) mass is 288 g/mol. The van der Waals surface area contributed by atoms with E-state index >= 15 is 0 Å². The average molecular weight is 289 g/mol. The Balaban J connectivity index is 2.65. The zero-order valence-corrected chi connectivity index (χ0v) is 11.3. The van der Waals surface area contributed by atoms with Crippen molar-refractivity contribution >= 4 is 33.6 Å². The van der Waals surface area contributed by atoms with Gasteiger partial charge in [-0.25, -0.2) is 8.42 Å². The minimum Gasteiger partial charge on any atom is -0.278 e. The van der Waals surface area contributed by atoms with Crippen molar-refractivity contribution in [2.75, 3.05) is 0 Å². The third-order valence-electron chi connectivity index (χ3n) is 1.96. The molecule has 0 spiro atoms. The molecule has 2 N–H and O–H groups in total. The molecular formula is C11H13ClN2O3S. The first-order chi connectivity index (χ1) is 8.43. The molecular weight excluding hydrogens is 276 g/mol. The Morgan fingerprint density at radius 3 is 2.50 bits per heavy atom. The molecule has 0 saturated carbocycles. The highest BCUT2D eigenvalue weighted by Crippen LogP contribution is 2.10. The van der Waals surface area contributed by atoms with E-state index < -0.39 is 15.9 Å². The Morgan fingerprint density at radius 2 is 1.94 bits per heavy atom. The average Bonchev–Trinajstić information content (AvgIpc) is 2.35. The van der Waals surface area contributed by atoms with Crippen molar-refractivity contribution < 1.29 is 13.2 Å². The Kier molecular flexibility index (Phi) is 5.33. The Morgan fingerprint density at radius 1 is 1.33 bits per heavy atom. The third-order valence-corrected chi connectivity index (χ3v) is 3.10. The van der Waals surface area contributed by atoms with Crippen LogP contribution in [0.5, 0.6) is 0 Å². The second kappa shape index (κ2) is 6.53. The van der Waals surface area contributed by atoms with Crippen LogP contribution < -0.4 is 10.3 Å². The zero-order valence-electron chi connectivity index (χ0n) is 9.68. The van der Waals surface area contributed by atoms with Crippen molar-refractivity contribution in [3.8, 4) is 0 Å². The van der Waals surface area contributed by atoms with Crippen LogP contribution in [0, 0.1) is 0 Å². The molecule has 1 aromatic rings. The molecule has 0 heterocycles. The van der Waals surface area contributed by atoms with Crippen LogP contribution in [0.2, 0.25) is 5.02 Å². The van der Waals surface area contributed by atoms with Crippen molar-refractivity contribution in [1.29, 1.82) is 0 Å². The fraction of sp³-hybridized carbons (Fsp3) is 0.182. The summed E-state index contributed by atoms with van der Waals surface area (Å²) in [6.45, 7) is 1.62. The molecule has 1 rings (SSSR count). The van der Waals surface area contributed by atoms with Gasteiger partial charge in [0.25, 0.3) is 10.0 Å². The minimum absolute atomic E-state index is 0.198. The first kappa shape index (κ1) is 14.7.